The number of hydrogen-bond acceptors (Lipinski definition) is 4. The molecule has 0 fully saturated rings. The number of para-hydroxylation sites is 1. The molecule has 2 aromatic heterocycles. The average Bonchev–Trinajstić information content (AvgIpc) is 3.08. The number of carbonyl (C=O) groups is 1. The van der Waals surface area contributed by atoms with Gasteiger partial charge in [-0.05, 0) is 31.5 Å². The number of ether oxygens (including phenoxy) is 1. The Kier molecular flexibility index (Phi) is 5.96. The van der Waals surface area contributed by atoms with Gasteiger partial charge in [-0.25, -0.2) is 0 Å². The molecule has 25 heavy (non-hydrogen) atoms. The summed E-state index contributed by atoms with van der Waals surface area (Å²) in [5, 5.41) is 0. The highest BCUT2D eigenvalue weighted by atomic mass is 35.5. The molecule has 0 saturated heterocycles. The molecule has 0 radical (unpaired) electrons. The summed E-state index contributed by atoms with van der Waals surface area (Å²) < 4.78 is 9.43. The van der Waals surface area contributed by atoms with Crippen molar-refractivity contribution in [2.75, 3.05) is 13.2 Å². The summed E-state index contributed by atoms with van der Waals surface area (Å²) in [6.07, 6.45) is 0. The molecular formula is C17H16Cl2N2O2S2. The van der Waals surface area contributed by atoms with Crippen molar-refractivity contribution >= 4 is 62.0 Å². The van der Waals surface area contributed by atoms with Crippen LogP contribution in [0, 0.1) is 6.92 Å². The zero-order chi connectivity index (χ0) is 18.0. The van der Waals surface area contributed by atoms with E-state index in [1.54, 1.807) is 6.07 Å². The summed E-state index contributed by atoms with van der Waals surface area (Å²) in [4.78, 5) is 17.5. The normalized spacial score (nSPS) is 12.2. The van der Waals surface area contributed by atoms with E-state index in [1.807, 2.05) is 36.6 Å². The summed E-state index contributed by atoms with van der Waals surface area (Å²) in [7, 11) is 0. The standard InChI is InChI=1S/C17H16Cl2N2O2S2/c1-3-23-8-7-21-14-10(2)5-4-6-12(14)24-17(21)20-16(22)11-9-13(18)25-15(11)19/h4-6,9H,3,7-8H2,1-2H3. The highest BCUT2D eigenvalue weighted by Gasteiger charge is 2.15. The summed E-state index contributed by atoms with van der Waals surface area (Å²) in [5.41, 5.74) is 2.55. The summed E-state index contributed by atoms with van der Waals surface area (Å²) >= 11 is 14.7. The maximum atomic E-state index is 12.6. The third-order valence-corrected chi connectivity index (χ3v) is 6.18. The van der Waals surface area contributed by atoms with Crippen LogP contribution in [-0.4, -0.2) is 23.7 Å². The van der Waals surface area contributed by atoms with Crippen molar-refractivity contribution in [1.29, 1.82) is 0 Å². The van der Waals surface area contributed by atoms with Crippen molar-refractivity contribution in [3.8, 4) is 0 Å². The number of halogens is 2. The SMILES string of the molecule is CCOCCn1c(=NC(=O)c2cc(Cl)sc2Cl)sc2cccc(C)c21. The first-order chi connectivity index (χ1) is 12.0. The van der Waals surface area contributed by atoms with Crippen molar-refractivity contribution < 1.29 is 9.53 Å². The molecule has 1 aromatic carbocycles. The molecule has 132 valence electrons. The second-order valence-corrected chi connectivity index (χ2v) is 8.60. The van der Waals surface area contributed by atoms with Gasteiger partial charge < -0.3 is 9.30 Å². The van der Waals surface area contributed by atoms with E-state index in [4.69, 9.17) is 27.9 Å². The van der Waals surface area contributed by atoms with Crippen LogP contribution >= 0.6 is 45.9 Å². The molecule has 0 unspecified atom stereocenters. The molecule has 0 aliphatic carbocycles. The minimum Gasteiger partial charge on any atom is -0.380 e. The van der Waals surface area contributed by atoms with E-state index in [0.29, 0.717) is 38.8 Å². The quantitative estimate of drug-likeness (QED) is 0.541. The molecule has 3 aromatic rings. The number of nitrogens with zero attached hydrogens (tertiary/aromatic N) is 2. The number of hydrogen-bond donors (Lipinski definition) is 0. The molecule has 0 N–H and O–H groups in total. The highest BCUT2D eigenvalue weighted by molar-refractivity contribution is 7.20. The largest absolute Gasteiger partial charge is 0.380 e. The molecule has 4 nitrogen and oxygen atoms in total. The molecule has 0 aliphatic rings. The van der Waals surface area contributed by atoms with E-state index >= 15 is 0 Å². The first-order valence-corrected chi connectivity index (χ1v) is 10.1. The number of amides is 1. The van der Waals surface area contributed by atoms with Gasteiger partial charge in [-0.3, -0.25) is 4.79 Å². The molecule has 8 heteroatoms. The van der Waals surface area contributed by atoms with Gasteiger partial charge in [0.05, 0.1) is 26.7 Å². The first kappa shape index (κ1) is 18.6. The molecule has 0 spiro atoms. The monoisotopic (exact) mass is 414 g/mol. The number of fused-ring (bicyclic) bond motifs is 1. The lowest BCUT2D eigenvalue weighted by molar-refractivity contribution is 0.0997. The van der Waals surface area contributed by atoms with E-state index < -0.39 is 0 Å². The Balaban J connectivity index is 2.10. The maximum Gasteiger partial charge on any atom is 0.282 e. The number of rotatable bonds is 5. The maximum absolute atomic E-state index is 12.6. The third-order valence-electron chi connectivity index (χ3n) is 3.65. The molecule has 3 rings (SSSR count). The van der Waals surface area contributed by atoms with E-state index in [9.17, 15) is 4.79 Å². The zero-order valence-corrected chi connectivity index (χ0v) is 16.9. The van der Waals surface area contributed by atoms with Crippen LogP contribution in [0.15, 0.2) is 29.3 Å². The van der Waals surface area contributed by atoms with Crippen molar-refractivity contribution in [1.82, 2.24) is 4.57 Å². The lowest BCUT2D eigenvalue weighted by Gasteiger charge is -2.07. The van der Waals surface area contributed by atoms with Crippen LogP contribution in [-0.2, 0) is 11.3 Å². The molecule has 2 heterocycles. The first-order valence-electron chi connectivity index (χ1n) is 7.72. The Morgan fingerprint density at radius 1 is 1.32 bits per heavy atom. The number of thiazole rings is 1. The van der Waals surface area contributed by atoms with Gasteiger partial charge in [-0.15, -0.1) is 11.3 Å². The number of thiophene rings is 1. The molecule has 0 aliphatic heterocycles. The van der Waals surface area contributed by atoms with Gasteiger partial charge >= 0.3 is 0 Å². The molecular weight excluding hydrogens is 399 g/mol. The lowest BCUT2D eigenvalue weighted by atomic mass is 10.2. The van der Waals surface area contributed by atoms with E-state index in [1.165, 1.54) is 11.3 Å². The van der Waals surface area contributed by atoms with Gasteiger partial charge in [0.15, 0.2) is 4.80 Å². The number of carbonyl (C=O) groups excluding carboxylic acids is 1. The molecule has 0 bridgehead atoms. The summed E-state index contributed by atoms with van der Waals surface area (Å²) in [5.74, 6) is -0.387. The Bertz CT molecular complexity index is 988. The summed E-state index contributed by atoms with van der Waals surface area (Å²) in [6, 6.07) is 7.64. The minimum absolute atomic E-state index is 0.335. The molecule has 1 amide bonds. The average molecular weight is 415 g/mol. The van der Waals surface area contributed by atoms with E-state index in [0.717, 1.165) is 27.1 Å². The van der Waals surface area contributed by atoms with Crippen molar-refractivity contribution in [2.45, 2.75) is 20.4 Å². The Labute approximate surface area is 163 Å². The van der Waals surface area contributed by atoms with Gasteiger partial charge in [-0.1, -0.05) is 46.7 Å². The van der Waals surface area contributed by atoms with Gasteiger partial charge in [-0.2, -0.15) is 4.99 Å². The predicted molar refractivity (Wildman–Crippen MR) is 105 cm³/mol. The third kappa shape index (κ3) is 3.99. The van der Waals surface area contributed by atoms with Crippen LogP contribution in [0.4, 0.5) is 0 Å². The second-order valence-electron chi connectivity index (χ2n) is 5.31. The van der Waals surface area contributed by atoms with Crippen LogP contribution in [0.3, 0.4) is 0 Å². The van der Waals surface area contributed by atoms with Crippen molar-refractivity contribution in [3.05, 3.63) is 48.9 Å². The number of benzene rings is 1. The smallest absolute Gasteiger partial charge is 0.282 e. The van der Waals surface area contributed by atoms with E-state index in [-0.39, 0.29) is 5.91 Å². The number of aromatic nitrogens is 1. The van der Waals surface area contributed by atoms with Crippen molar-refractivity contribution in [2.24, 2.45) is 4.99 Å². The second kappa shape index (κ2) is 8.01. The molecule has 0 atom stereocenters. The van der Waals surface area contributed by atoms with E-state index in [2.05, 4.69) is 4.99 Å². The lowest BCUT2D eigenvalue weighted by Crippen LogP contribution is -2.20. The van der Waals surface area contributed by atoms with Gasteiger partial charge in [0.25, 0.3) is 5.91 Å². The van der Waals surface area contributed by atoms with Crippen molar-refractivity contribution in [3.63, 3.8) is 0 Å². The van der Waals surface area contributed by atoms with Crippen LogP contribution in [0.1, 0.15) is 22.8 Å². The van der Waals surface area contributed by atoms with Gasteiger partial charge in [0.1, 0.15) is 4.34 Å². The number of aryl methyl sites for hydroxylation is 1. The van der Waals surface area contributed by atoms with Crippen LogP contribution in [0.25, 0.3) is 10.2 Å². The Hall–Kier alpha value is -1.18. The van der Waals surface area contributed by atoms with Crippen LogP contribution < -0.4 is 4.80 Å². The summed E-state index contributed by atoms with van der Waals surface area (Å²) in [6.45, 7) is 5.84. The topological polar surface area (TPSA) is 43.6 Å². The van der Waals surface area contributed by atoms with Crippen LogP contribution in [0.5, 0.6) is 0 Å². The fraction of sp³-hybridized carbons (Fsp3) is 0.294. The Morgan fingerprint density at radius 2 is 2.12 bits per heavy atom. The Morgan fingerprint density at radius 3 is 2.80 bits per heavy atom. The van der Waals surface area contributed by atoms with Crippen LogP contribution in [0.2, 0.25) is 8.67 Å². The fourth-order valence-electron chi connectivity index (χ4n) is 2.53. The predicted octanol–water partition coefficient (Wildman–Crippen LogP) is 5.16. The zero-order valence-electron chi connectivity index (χ0n) is 13.7. The highest BCUT2D eigenvalue weighted by Crippen LogP contribution is 2.31. The van der Waals surface area contributed by atoms with Gasteiger partial charge in [0, 0.05) is 13.2 Å². The molecule has 0 saturated carbocycles. The van der Waals surface area contributed by atoms with Gasteiger partial charge in [0.2, 0.25) is 0 Å². The fourth-order valence-corrected chi connectivity index (χ4v) is 5.11. The minimum atomic E-state index is -0.387.